The number of amides is 2. The number of hydrogen-bond donors (Lipinski definition) is 1. The molecule has 2 aromatic rings. The second-order valence-corrected chi connectivity index (χ2v) is 7.43. The van der Waals surface area contributed by atoms with Crippen LogP contribution < -0.4 is 5.32 Å². The number of aromatic nitrogens is 2. The number of fused-ring (bicyclic) bond motifs is 1. The molecule has 0 spiro atoms. The third kappa shape index (κ3) is 3.98. The highest BCUT2D eigenvalue weighted by Gasteiger charge is 2.40. The van der Waals surface area contributed by atoms with Gasteiger partial charge in [-0.15, -0.1) is 10.2 Å². The van der Waals surface area contributed by atoms with E-state index in [1.165, 1.54) is 11.0 Å². The van der Waals surface area contributed by atoms with Gasteiger partial charge in [0.2, 0.25) is 5.89 Å². The molecule has 1 fully saturated rings. The highest BCUT2D eigenvalue weighted by molar-refractivity contribution is 5.99. The van der Waals surface area contributed by atoms with Gasteiger partial charge < -0.3 is 14.6 Å². The minimum atomic E-state index is -3.18. The summed E-state index contributed by atoms with van der Waals surface area (Å²) >= 11 is 0. The first-order valence-corrected chi connectivity index (χ1v) is 9.60. The van der Waals surface area contributed by atoms with Crippen molar-refractivity contribution in [2.45, 2.75) is 57.2 Å². The monoisotopic (exact) mass is 444 g/mol. The zero-order chi connectivity index (χ0) is 22.3. The Morgan fingerprint density at radius 1 is 1.16 bits per heavy atom. The first kappa shape index (κ1) is 21.2. The van der Waals surface area contributed by atoms with Gasteiger partial charge >= 0.3 is 12.9 Å². The number of nitrogens with zero attached hydrogens (tertiary/aromatic N) is 3. The molecule has 0 saturated heterocycles. The van der Waals surface area contributed by atoms with Crippen molar-refractivity contribution in [3.05, 3.63) is 35.0 Å². The lowest BCUT2D eigenvalue weighted by molar-refractivity contribution is -0.133. The fraction of sp³-hybridized carbons (Fsp3) is 0.474. The summed E-state index contributed by atoms with van der Waals surface area (Å²) in [5.74, 6) is -4.01. The molecule has 1 aromatic heterocycles. The van der Waals surface area contributed by atoms with Crippen molar-refractivity contribution in [1.82, 2.24) is 20.4 Å². The summed E-state index contributed by atoms with van der Waals surface area (Å²) < 4.78 is 70.3. The summed E-state index contributed by atoms with van der Waals surface area (Å²) in [5.41, 5.74) is 0.0558. The number of carbonyl (C=O) groups excluding carboxylic acids is 2. The molecule has 1 aliphatic heterocycles. The van der Waals surface area contributed by atoms with Crippen LogP contribution in [0.3, 0.4) is 0 Å². The second kappa shape index (κ2) is 8.23. The van der Waals surface area contributed by atoms with E-state index in [2.05, 4.69) is 15.5 Å². The van der Waals surface area contributed by atoms with E-state index in [0.717, 1.165) is 12.5 Å². The lowest BCUT2D eigenvalue weighted by atomic mass is 9.89. The van der Waals surface area contributed by atoms with E-state index in [-0.39, 0.29) is 29.1 Å². The molecular weight excluding hydrogens is 427 g/mol. The van der Waals surface area contributed by atoms with Crippen LogP contribution in [0.25, 0.3) is 11.5 Å². The number of alkyl halides is 4. The molecule has 12 heteroatoms. The second-order valence-electron chi connectivity index (χ2n) is 7.43. The Morgan fingerprint density at radius 2 is 1.90 bits per heavy atom. The summed E-state index contributed by atoms with van der Waals surface area (Å²) in [6.07, 6.45) is -3.88. The van der Waals surface area contributed by atoms with Gasteiger partial charge in [0.15, 0.2) is 0 Å². The SMILES string of the molecule is O=C(N[C@@H]1CCCCC1N1Cc2c(F)cc(-c3nnc(C(F)F)o3)cc2C1=O)C(F)F. The molecule has 2 heterocycles. The van der Waals surface area contributed by atoms with E-state index in [1.807, 2.05) is 0 Å². The van der Waals surface area contributed by atoms with Crippen molar-refractivity contribution in [2.75, 3.05) is 0 Å². The van der Waals surface area contributed by atoms with Gasteiger partial charge in [-0.2, -0.15) is 17.6 Å². The molecule has 1 aromatic carbocycles. The molecule has 31 heavy (non-hydrogen) atoms. The summed E-state index contributed by atoms with van der Waals surface area (Å²) in [6, 6.07) is 1.03. The Bertz CT molecular complexity index is 1010. The van der Waals surface area contributed by atoms with Crippen molar-refractivity contribution in [3.63, 3.8) is 0 Å². The molecular formula is C19H17F5N4O3. The van der Waals surface area contributed by atoms with Crippen LogP contribution in [0, 0.1) is 5.82 Å². The Hall–Kier alpha value is -3.05. The highest BCUT2D eigenvalue weighted by atomic mass is 19.3. The average Bonchev–Trinajstić information content (AvgIpc) is 3.34. The van der Waals surface area contributed by atoms with E-state index in [0.29, 0.717) is 19.3 Å². The number of halogens is 5. The summed E-state index contributed by atoms with van der Waals surface area (Å²) in [5, 5.41) is 8.93. The number of carbonyl (C=O) groups is 2. The molecule has 1 aliphatic carbocycles. The maximum absolute atomic E-state index is 14.7. The van der Waals surface area contributed by atoms with Crippen LogP contribution in [0.5, 0.6) is 0 Å². The first-order valence-electron chi connectivity index (χ1n) is 9.60. The van der Waals surface area contributed by atoms with Crippen molar-refractivity contribution in [3.8, 4) is 11.5 Å². The van der Waals surface area contributed by atoms with Crippen molar-refractivity contribution >= 4 is 11.8 Å². The normalized spacial score (nSPS) is 21.1. The maximum Gasteiger partial charge on any atom is 0.315 e. The highest BCUT2D eigenvalue weighted by Crippen LogP contribution is 2.35. The van der Waals surface area contributed by atoms with Gasteiger partial charge in [-0.05, 0) is 25.0 Å². The summed E-state index contributed by atoms with van der Waals surface area (Å²) in [7, 11) is 0. The number of hydrogen-bond acceptors (Lipinski definition) is 5. The largest absolute Gasteiger partial charge is 0.415 e. The van der Waals surface area contributed by atoms with Gasteiger partial charge in [0.1, 0.15) is 5.82 Å². The molecule has 1 unspecified atom stereocenters. The Labute approximate surface area is 172 Å². The van der Waals surface area contributed by atoms with Crippen LogP contribution in [-0.2, 0) is 11.3 Å². The molecule has 0 radical (unpaired) electrons. The number of benzene rings is 1. The number of nitrogens with one attached hydrogen (secondary N) is 1. The van der Waals surface area contributed by atoms with E-state index >= 15 is 0 Å². The quantitative estimate of drug-likeness (QED) is 0.714. The molecule has 1 saturated carbocycles. The lowest BCUT2D eigenvalue weighted by Crippen LogP contribution is -2.54. The van der Waals surface area contributed by atoms with Gasteiger partial charge in [0, 0.05) is 22.7 Å². The summed E-state index contributed by atoms with van der Waals surface area (Å²) in [6.45, 7) is -0.0991. The Kier molecular flexibility index (Phi) is 5.63. The van der Waals surface area contributed by atoms with Crippen LogP contribution in [-0.4, -0.2) is 45.4 Å². The molecule has 2 atom stereocenters. The van der Waals surface area contributed by atoms with Crippen LogP contribution in [0.4, 0.5) is 22.0 Å². The fourth-order valence-corrected chi connectivity index (χ4v) is 4.11. The zero-order valence-electron chi connectivity index (χ0n) is 16.0. The van der Waals surface area contributed by atoms with Gasteiger partial charge in [-0.25, -0.2) is 4.39 Å². The van der Waals surface area contributed by atoms with Crippen molar-refractivity contribution in [1.29, 1.82) is 0 Å². The Morgan fingerprint density at radius 3 is 2.58 bits per heavy atom. The molecule has 1 N–H and O–H groups in total. The third-order valence-corrected chi connectivity index (χ3v) is 5.55. The van der Waals surface area contributed by atoms with Crippen LogP contribution in [0.1, 0.15) is 53.9 Å². The van der Waals surface area contributed by atoms with E-state index in [9.17, 15) is 31.5 Å². The minimum absolute atomic E-state index is 0.00342. The predicted octanol–water partition coefficient (Wildman–Crippen LogP) is 3.46. The molecule has 2 amide bonds. The fourth-order valence-electron chi connectivity index (χ4n) is 4.11. The van der Waals surface area contributed by atoms with Crippen molar-refractivity contribution < 1.29 is 36.0 Å². The predicted molar refractivity (Wildman–Crippen MR) is 94.7 cm³/mol. The lowest BCUT2D eigenvalue weighted by Gasteiger charge is -2.38. The number of rotatable bonds is 5. The first-order chi connectivity index (χ1) is 14.8. The smallest absolute Gasteiger partial charge is 0.315 e. The van der Waals surface area contributed by atoms with Crippen LogP contribution >= 0.6 is 0 Å². The molecule has 166 valence electrons. The molecule has 0 bridgehead atoms. The van der Waals surface area contributed by atoms with E-state index in [1.54, 1.807) is 0 Å². The Balaban J connectivity index is 1.61. The van der Waals surface area contributed by atoms with E-state index in [4.69, 9.17) is 4.42 Å². The van der Waals surface area contributed by atoms with Crippen molar-refractivity contribution in [2.24, 2.45) is 0 Å². The maximum atomic E-state index is 14.7. The van der Waals surface area contributed by atoms with Gasteiger partial charge in [0.05, 0.1) is 12.6 Å². The zero-order valence-corrected chi connectivity index (χ0v) is 16.0. The summed E-state index contributed by atoms with van der Waals surface area (Å²) in [4.78, 5) is 25.9. The van der Waals surface area contributed by atoms with Crippen LogP contribution in [0.2, 0.25) is 0 Å². The topological polar surface area (TPSA) is 88.3 Å². The third-order valence-electron chi connectivity index (χ3n) is 5.55. The minimum Gasteiger partial charge on any atom is -0.415 e. The molecule has 7 nitrogen and oxygen atoms in total. The van der Waals surface area contributed by atoms with Gasteiger partial charge in [-0.3, -0.25) is 9.59 Å². The van der Waals surface area contributed by atoms with Crippen LogP contribution in [0.15, 0.2) is 16.5 Å². The standard InChI is InChI=1S/C19H17F5N4O3/c20-11-6-8(17-26-27-18(31-17)15(23)24)5-9-10(11)7-28(19(9)30)13-4-2-1-3-12(13)25-16(29)14(21)22/h5-6,12-15H,1-4,7H2,(H,25,29)/t12-,13?/m1/s1. The van der Waals surface area contributed by atoms with Gasteiger partial charge in [0.25, 0.3) is 17.7 Å². The van der Waals surface area contributed by atoms with Gasteiger partial charge in [-0.1, -0.05) is 12.8 Å². The van der Waals surface area contributed by atoms with E-state index < -0.39 is 48.5 Å². The molecule has 4 rings (SSSR count). The molecule has 2 aliphatic rings. The average molecular weight is 444 g/mol.